The molecule has 35 heavy (non-hydrogen) atoms. The fourth-order valence-corrected chi connectivity index (χ4v) is 6.87. The third-order valence-corrected chi connectivity index (χ3v) is 8.80. The highest BCUT2D eigenvalue weighted by Crippen LogP contribution is 2.57. The fraction of sp³-hybridized carbons (Fsp3) is 0.576. The Balaban J connectivity index is 1.70. The highest BCUT2D eigenvalue weighted by Gasteiger charge is 2.50. The summed E-state index contributed by atoms with van der Waals surface area (Å²) in [5.74, 6) is 0.592. The van der Waals surface area contributed by atoms with Crippen molar-refractivity contribution in [2.45, 2.75) is 110 Å². The van der Waals surface area contributed by atoms with Crippen LogP contribution in [0.15, 0.2) is 54.3 Å². The molecular weight excluding hydrogens is 424 g/mol. The fourth-order valence-electron chi connectivity index (χ4n) is 6.87. The van der Waals surface area contributed by atoms with Crippen molar-refractivity contribution < 1.29 is 0 Å². The lowest BCUT2D eigenvalue weighted by Gasteiger charge is -2.48. The first-order valence-electron chi connectivity index (χ1n) is 14.3. The maximum absolute atomic E-state index is 5.67. The lowest BCUT2D eigenvalue weighted by Crippen LogP contribution is -2.45. The van der Waals surface area contributed by atoms with Gasteiger partial charge in [0, 0.05) is 29.4 Å². The van der Waals surface area contributed by atoms with E-state index < -0.39 is 0 Å². The number of rotatable bonds is 11. The monoisotopic (exact) mass is 472 g/mol. The quantitative estimate of drug-likeness (QED) is 0.327. The molecule has 0 amide bonds. The maximum atomic E-state index is 5.67. The minimum atomic E-state index is 0.278. The Morgan fingerprint density at radius 3 is 2.54 bits per heavy atom. The molecule has 190 valence electrons. The predicted octanol–water partition coefficient (Wildman–Crippen LogP) is 8.44. The zero-order valence-electron chi connectivity index (χ0n) is 22.9. The van der Waals surface area contributed by atoms with Crippen LogP contribution in [0.25, 0.3) is 5.70 Å². The van der Waals surface area contributed by atoms with E-state index in [1.807, 2.05) is 0 Å². The van der Waals surface area contributed by atoms with Crippen LogP contribution in [-0.2, 0) is 12.8 Å². The molecule has 2 heterocycles. The maximum Gasteiger partial charge on any atom is 0.0491 e. The predicted molar refractivity (Wildman–Crippen MR) is 152 cm³/mol. The number of hydrogen-bond acceptors (Lipinski definition) is 2. The van der Waals surface area contributed by atoms with E-state index in [4.69, 9.17) is 5.73 Å². The van der Waals surface area contributed by atoms with Crippen molar-refractivity contribution in [1.82, 2.24) is 4.90 Å². The van der Waals surface area contributed by atoms with Gasteiger partial charge in [0.05, 0.1) is 0 Å². The van der Waals surface area contributed by atoms with E-state index in [9.17, 15) is 0 Å². The molecule has 2 aliphatic heterocycles. The van der Waals surface area contributed by atoms with Crippen LogP contribution in [0.5, 0.6) is 0 Å². The normalized spacial score (nSPS) is 22.3. The van der Waals surface area contributed by atoms with Crippen LogP contribution in [0.3, 0.4) is 0 Å². The Hall–Kier alpha value is -2.06. The van der Waals surface area contributed by atoms with Crippen molar-refractivity contribution in [3.05, 3.63) is 76.5 Å². The third-order valence-electron chi connectivity index (χ3n) is 8.80. The molecule has 2 heteroatoms. The molecular formula is C33H48N2. The number of unbranched alkanes of at least 4 members (excludes halogenated alkanes) is 4. The number of fused-ring (bicyclic) bond motifs is 6. The first kappa shape index (κ1) is 26.0. The SMILES string of the molecule is C=C1C=C2c3cc(CC)c(CCCCCCCN)cc3C3CCC(C)(C)C3N2C=C1C(=C)CCC. The minimum absolute atomic E-state index is 0.278. The number of allylic oxidation sites excluding steroid dienone is 4. The van der Waals surface area contributed by atoms with Crippen LogP contribution >= 0.6 is 0 Å². The van der Waals surface area contributed by atoms with Gasteiger partial charge in [0.1, 0.15) is 0 Å². The van der Waals surface area contributed by atoms with Gasteiger partial charge >= 0.3 is 0 Å². The molecule has 0 spiro atoms. The smallest absolute Gasteiger partial charge is 0.0491 e. The Kier molecular flexibility index (Phi) is 8.11. The lowest BCUT2D eigenvalue weighted by molar-refractivity contribution is 0.195. The summed E-state index contributed by atoms with van der Waals surface area (Å²) < 4.78 is 0. The van der Waals surface area contributed by atoms with Crippen molar-refractivity contribution in [3.8, 4) is 0 Å². The van der Waals surface area contributed by atoms with Crippen molar-refractivity contribution in [2.24, 2.45) is 11.1 Å². The van der Waals surface area contributed by atoms with E-state index in [1.54, 1.807) is 11.1 Å². The van der Waals surface area contributed by atoms with Crippen LogP contribution in [0.2, 0.25) is 0 Å². The number of benzene rings is 1. The van der Waals surface area contributed by atoms with Gasteiger partial charge < -0.3 is 10.6 Å². The number of nitrogens with zero attached hydrogens (tertiary/aromatic N) is 1. The molecule has 0 radical (unpaired) electrons. The van der Waals surface area contributed by atoms with Gasteiger partial charge in [0.15, 0.2) is 0 Å². The molecule has 3 aliphatic rings. The summed E-state index contributed by atoms with van der Waals surface area (Å²) >= 11 is 0. The molecule has 1 aromatic rings. The highest BCUT2D eigenvalue weighted by molar-refractivity contribution is 5.78. The Labute approximate surface area is 215 Å². The minimum Gasteiger partial charge on any atom is -0.343 e. The van der Waals surface area contributed by atoms with Crippen LogP contribution in [-0.4, -0.2) is 17.5 Å². The van der Waals surface area contributed by atoms with Gasteiger partial charge in [-0.1, -0.05) is 72.6 Å². The molecule has 1 aromatic carbocycles. The summed E-state index contributed by atoms with van der Waals surface area (Å²) in [5, 5.41) is 0. The van der Waals surface area contributed by atoms with E-state index in [0.29, 0.717) is 12.0 Å². The summed E-state index contributed by atoms with van der Waals surface area (Å²) in [7, 11) is 0. The molecule has 0 aromatic heterocycles. The average Bonchev–Trinajstić information content (AvgIpc) is 3.16. The molecule has 4 rings (SSSR count). The van der Waals surface area contributed by atoms with Gasteiger partial charge in [0.25, 0.3) is 0 Å². The van der Waals surface area contributed by atoms with E-state index in [-0.39, 0.29) is 5.41 Å². The standard InChI is InChI=1S/C33H48N2/c1-7-14-23(3)30-22-35-31(19-24(30)4)29-20-25(8-2)26(15-12-10-9-11-13-18-34)21-28(29)27-16-17-33(5,6)32(27)35/h19-22,27,32H,3-4,7-18,34H2,1-2,5-6H3. The summed E-state index contributed by atoms with van der Waals surface area (Å²) in [5.41, 5.74) is 17.1. The summed E-state index contributed by atoms with van der Waals surface area (Å²) in [6.45, 7) is 19.2. The second kappa shape index (κ2) is 10.9. The first-order valence-corrected chi connectivity index (χ1v) is 14.3. The van der Waals surface area contributed by atoms with Crippen LogP contribution in [0.4, 0.5) is 0 Å². The Bertz CT molecular complexity index is 1020. The van der Waals surface area contributed by atoms with E-state index in [1.165, 1.54) is 72.9 Å². The molecule has 2 unspecified atom stereocenters. The number of aryl methyl sites for hydroxylation is 2. The Morgan fingerprint density at radius 2 is 1.83 bits per heavy atom. The largest absolute Gasteiger partial charge is 0.343 e. The van der Waals surface area contributed by atoms with Crippen molar-refractivity contribution in [1.29, 1.82) is 0 Å². The van der Waals surface area contributed by atoms with Crippen molar-refractivity contribution in [2.75, 3.05) is 6.54 Å². The Morgan fingerprint density at radius 1 is 1.09 bits per heavy atom. The van der Waals surface area contributed by atoms with Gasteiger partial charge in [-0.3, -0.25) is 0 Å². The molecule has 2 nitrogen and oxygen atoms in total. The summed E-state index contributed by atoms with van der Waals surface area (Å²) in [6.07, 6.45) is 18.1. The third kappa shape index (κ3) is 5.10. The van der Waals surface area contributed by atoms with E-state index >= 15 is 0 Å². The molecule has 0 saturated heterocycles. The molecule has 1 fully saturated rings. The number of hydrogen-bond donors (Lipinski definition) is 1. The van der Waals surface area contributed by atoms with E-state index in [0.717, 1.165) is 37.8 Å². The van der Waals surface area contributed by atoms with Crippen LogP contribution in [0, 0.1) is 5.41 Å². The highest BCUT2D eigenvalue weighted by atomic mass is 15.2. The second-order valence-electron chi connectivity index (χ2n) is 11.8. The molecule has 1 aliphatic carbocycles. The lowest BCUT2D eigenvalue weighted by atomic mass is 9.74. The van der Waals surface area contributed by atoms with Gasteiger partial charge in [-0.2, -0.15) is 0 Å². The van der Waals surface area contributed by atoms with Crippen molar-refractivity contribution in [3.63, 3.8) is 0 Å². The zero-order valence-corrected chi connectivity index (χ0v) is 22.9. The van der Waals surface area contributed by atoms with Gasteiger partial charge in [-0.25, -0.2) is 0 Å². The zero-order chi connectivity index (χ0) is 25.2. The molecule has 2 atom stereocenters. The van der Waals surface area contributed by atoms with Gasteiger partial charge in [0.2, 0.25) is 0 Å². The van der Waals surface area contributed by atoms with E-state index in [2.05, 4.69) is 70.2 Å². The van der Waals surface area contributed by atoms with Gasteiger partial charge in [-0.05, 0) is 102 Å². The summed E-state index contributed by atoms with van der Waals surface area (Å²) in [4.78, 5) is 2.63. The van der Waals surface area contributed by atoms with Crippen molar-refractivity contribution >= 4 is 5.70 Å². The second-order valence-corrected chi connectivity index (χ2v) is 11.8. The van der Waals surface area contributed by atoms with Gasteiger partial charge in [-0.15, -0.1) is 0 Å². The molecule has 1 saturated carbocycles. The summed E-state index contributed by atoms with van der Waals surface area (Å²) in [6, 6.07) is 5.64. The first-order chi connectivity index (χ1) is 16.8. The topological polar surface area (TPSA) is 29.3 Å². The average molecular weight is 473 g/mol. The van der Waals surface area contributed by atoms with Crippen LogP contribution in [0.1, 0.15) is 114 Å². The molecule has 0 bridgehead atoms. The number of nitrogens with two attached hydrogens (primary N) is 1. The molecule has 2 N–H and O–H groups in total. The van der Waals surface area contributed by atoms with Crippen LogP contribution < -0.4 is 5.73 Å².